The molecule has 1 atom stereocenters. The summed E-state index contributed by atoms with van der Waals surface area (Å²) in [4.78, 5) is 26.2. The van der Waals surface area contributed by atoms with Gasteiger partial charge in [0.2, 0.25) is 5.60 Å². The SMILES string of the molecule is COC(=O)C1(COCCSC(C)(C)C)CN(C(=O)OC(C)(C)C)CCO1. The Balaban J connectivity index is 2.69. The van der Waals surface area contributed by atoms with Gasteiger partial charge in [0, 0.05) is 17.0 Å². The second-order valence-electron chi connectivity index (χ2n) is 8.25. The van der Waals surface area contributed by atoms with E-state index < -0.39 is 23.3 Å². The summed E-state index contributed by atoms with van der Waals surface area (Å²) in [6, 6.07) is 0. The van der Waals surface area contributed by atoms with Crippen molar-refractivity contribution in [3.05, 3.63) is 0 Å². The second kappa shape index (κ2) is 9.28. The Kier molecular flexibility index (Phi) is 8.23. The lowest BCUT2D eigenvalue weighted by Crippen LogP contribution is -2.61. The molecule has 0 aliphatic carbocycles. The minimum atomic E-state index is -1.32. The molecule has 7 nitrogen and oxygen atoms in total. The molecule has 0 bridgehead atoms. The van der Waals surface area contributed by atoms with Crippen LogP contribution in [0.15, 0.2) is 0 Å². The maximum atomic E-state index is 12.4. The van der Waals surface area contributed by atoms with Crippen molar-refractivity contribution >= 4 is 23.8 Å². The van der Waals surface area contributed by atoms with Crippen LogP contribution in [-0.2, 0) is 23.7 Å². The third-order valence-electron chi connectivity index (χ3n) is 3.49. The highest BCUT2D eigenvalue weighted by molar-refractivity contribution is 8.00. The van der Waals surface area contributed by atoms with Crippen LogP contribution in [0.1, 0.15) is 41.5 Å². The number of ether oxygens (including phenoxy) is 4. The molecule has 1 aliphatic heterocycles. The molecule has 0 aromatic rings. The van der Waals surface area contributed by atoms with E-state index in [4.69, 9.17) is 18.9 Å². The number of thioether (sulfide) groups is 1. The lowest BCUT2D eigenvalue weighted by molar-refractivity contribution is -0.190. The zero-order valence-corrected chi connectivity index (χ0v) is 17.9. The van der Waals surface area contributed by atoms with Crippen LogP contribution in [0.3, 0.4) is 0 Å². The molecular formula is C18H33NO6S. The Labute approximate surface area is 161 Å². The zero-order valence-electron chi connectivity index (χ0n) is 17.0. The van der Waals surface area contributed by atoms with Crippen LogP contribution in [0.5, 0.6) is 0 Å². The van der Waals surface area contributed by atoms with Crippen LogP contribution in [0, 0.1) is 0 Å². The van der Waals surface area contributed by atoms with Crippen molar-refractivity contribution in [2.24, 2.45) is 0 Å². The average molecular weight is 392 g/mol. The van der Waals surface area contributed by atoms with Gasteiger partial charge in [-0.25, -0.2) is 9.59 Å². The van der Waals surface area contributed by atoms with Gasteiger partial charge >= 0.3 is 12.1 Å². The number of morpholine rings is 1. The van der Waals surface area contributed by atoms with Crippen molar-refractivity contribution < 1.29 is 28.5 Å². The summed E-state index contributed by atoms with van der Waals surface area (Å²) in [5.74, 6) is 0.255. The first-order valence-electron chi connectivity index (χ1n) is 8.80. The van der Waals surface area contributed by atoms with Gasteiger partial charge in [0.05, 0.1) is 33.5 Å². The third-order valence-corrected chi connectivity index (χ3v) is 4.73. The predicted octanol–water partition coefficient (Wildman–Crippen LogP) is 2.71. The van der Waals surface area contributed by atoms with E-state index in [2.05, 4.69) is 20.8 Å². The van der Waals surface area contributed by atoms with E-state index in [0.29, 0.717) is 13.2 Å². The molecule has 1 amide bonds. The van der Waals surface area contributed by atoms with Gasteiger partial charge in [0.15, 0.2) is 0 Å². The van der Waals surface area contributed by atoms with Crippen molar-refractivity contribution in [3.63, 3.8) is 0 Å². The highest BCUT2D eigenvalue weighted by atomic mass is 32.2. The normalized spacial score (nSPS) is 21.4. The fraction of sp³-hybridized carbons (Fsp3) is 0.889. The van der Waals surface area contributed by atoms with Crippen LogP contribution in [-0.4, -0.2) is 78.7 Å². The summed E-state index contributed by atoms with van der Waals surface area (Å²) in [6.45, 7) is 12.9. The van der Waals surface area contributed by atoms with E-state index in [1.165, 1.54) is 12.0 Å². The number of carbonyl (C=O) groups is 2. The lowest BCUT2D eigenvalue weighted by Gasteiger charge is -2.40. The van der Waals surface area contributed by atoms with Gasteiger partial charge in [-0.2, -0.15) is 11.8 Å². The van der Waals surface area contributed by atoms with Gasteiger partial charge in [0.1, 0.15) is 5.60 Å². The molecule has 152 valence electrons. The van der Waals surface area contributed by atoms with Crippen LogP contribution in [0.4, 0.5) is 4.79 Å². The van der Waals surface area contributed by atoms with Crippen molar-refractivity contribution in [2.45, 2.75) is 57.5 Å². The van der Waals surface area contributed by atoms with Crippen LogP contribution < -0.4 is 0 Å². The summed E-state index contributed by atoms with van der Waals surface area (Å²) in [7, 11) is 1.30. The Morgan fingerprint density at radius 1 is 1.19 bits per heavy atom. The maximum Gasteiger partial charge on any atom is 0.410 e. The fourth-order valence-corrected chi connectivity index (χ4v) is 3.18. The molecule has 0 saturated carbocycles. The topological polar surface area (TPSA) is 74.3 Å². The van der Waals surface area contributed by atoms with Crippen LogP contribution >= 0.6 is 11.8 Å². The quantitative estimate of drug-likeness (QED) is 0.509. The molecule has 0 spiro atoms. The Morgan fingerprint density at radius 2 is 1.85 bits per heavy atom. The predicted molar refractivity (Wildman–Crippen MR) is 102 cm³/mol. The van der Waals surface area contributed by atoms with Crippen molar-refractivity contribution in [1.82, 2.24) is 4.90 Å². The van der Waals surface area contributed by atoms with Gasteiger partial charge in [-0.05, 0) is 20.8 Å². The zero-order chi connectivity index (χ0) is 20.0. The molecule has 0 radical (unpaired) electrons. The second-order valence-corrected chi connectivity index (χ2v) is 10.2. The van der Waals surface area contributed by atoms with E-state index >= 15 is 0 Å². The highest BCUT2D eigenvalue weighted by Crippen LogP contribution is 2.25. The summed E-state index contributed by atoms with van der Waals surface area (Å²) in [6.07, 6.45) is -0.475. The lowest BCUT2D eigenvalue weighted by atomic mass is 10.0. The van der Waals surface area contributed by atoms with E-state index in [1.807, 2.05) is 0 Å². The summed E-state index contributed by atoms with van der Waals surface area (Å²) in [5, 5.41) is 0. The third kappa shape index (κ3) is 7.72. The largest absolute Gasteiger partial charge is 0.467 e. The number of esters is 1. The molecule has 8 heteroatoms. The molecule has 1 unspecified atom stereocenters. The first-order valence-corrected chi connectivity index (χ1v) is 9.79. The number of amides is 1. The molecule has 26 heavy (non-hydrogen) atoms. The molecule has 1 heterocycles. The Morgan fingerprint density at radius 3 is 2.38 bits per heavy atom. The highest BCUT2D eigenvalue weighted by Gasteiger charge is 2.47. The van der Waals surface area contributed by atoms with E-state index in [9.17, 15) is 9.59 Å². The molecule has 0 N–H and O–H groups in total. The van der Waals surface area contributed by atoms with E-state index in [-0.39, 0.29) is 24.5 Å². The van der Waals surface area contributed by atoms with Gasteiger partial charge in [-0.15, -0.1) is 0 Å². The molecule has 1 aliphatic rings. The minimum Gasteiger partial charge on any atom is -0.467 e. The first kappa shape index (κ1) is 23.0. The Hall–Kier alpha value is -0.990. The number of hydrogen-bond donors (Lipinski definition) is 0. The van der Waals surface area contributed by atoms with Crippen LogP contribution in [0.25, 0.3) is 0 Å². The van der Waals surface area contributed by atoms with Gasteiger partial charge in [-0.1, -0.05) is 20.8 Å². The van der Waals surface area contributed by atoms with Crippen molar-refractivity contribution in [3.8, 4) is 0 Å². The average Bonchev–Trinajstić information content (AvgIpc) is 2.51. The monoisotopic (exact) mass is 391 g/mol. The summed E-state index contributed by atoms with van der Waals surface area (Å²) in [5.41, 5.74) is -1.93. The Bertz CT molecular complexity index is 485. The molecule has 0 aromatic carbocycles. The van der Waals surface area contributed by atoms with Gasteiger partial charge in [0.25, 0.3) is 0 Å². The number of rotatable bonds is 6. The number of carbonyl (C=O) groups excluding carboxylic acids is 2. The molecule has 1 rings (SSSR count). The van der Waals surface area contributed by atoms with Crippen molar-refractivity contribution in [2.75, 3.05) is 45.8 Å². The van der Waals surface area contributed by atoms with Gasteiger partial charge in [-0.3, -0.25) is 0 Å². The van der Waals surface area contributed by atoms with Crippen LogP contribution in [0.2, 0.25) is 0 Å². The number of nitrogens with zero attached hydrogens (tertiary/aromatic N) is 1. The summed E-state index contributed by atoms with van der Waals surface area (Å²) >= 11 is 1.78. The molecule has 0 aromatic heterocycles. The first-order chi connectivity index (χ1) is 11.9. The minimum absolute atomic E-state index is 0.0314. The smallest absolute Gasteiger partial charge is 0.410 e. The maximum absolute atomic E-state index is 12.4. The van der Waals surface area contributed by atoms with E-state index in [0.717, 1.165) is 5.75 Å². The molecule has 1 fully saturated rings. The number of methoxy groups -OCH3 is 1. The molecular weight excluding hydrogens is 358 g/mol. The number of hydrogen-bond acceptors (Lipinski definition) is 7. The van der Waals surface area contributed by atoms with E-state index in [1.54, 1.807) is 32.5 Å². The summed E-state index contributed by atoms with van der Waals surface area (Å²) < 4.78 is 21.9. The standard InChI is InChI=1S/C18H33NO6S/c1-16(2,3)25-15(21)19-8-9-24-18(12-19,14(20)22-7)13-23-10-11-26-17(4,5)6/h8-13H2,1-7H3. The molecule has 1 saturated heterocycles. The fourth-order valence-electron chi connectivity index (χ4n) is 2.37. The van der Waals surface area contributed by atoms with Gasteiger partial charge < -0.3 is 23.8 Å². The van der Waals surface area contributed by atoms with Crippen molar-refractivity contribution in [1.29, 1.82) is 0 Å².